The lowest BCUT2D eigenvalue weighted by Gasteiger charge is -2.16. The molecule has 1 nitrogen and oxygen atoms in total. The number of rotatable bonds is 5. The summed E-state index contributed by atoms with van der Waals surface area (Å²) in [5.74, 6) is 0. The summed E-state index contributed by atoms with van der Waals surface area (Å²) in [6.07, 6.45) is 0.862. The molecule has 0 saturated heterocycles. The summed E-state index contributed by atoms with van der Waals surface area (Å²) in [6, 6.07) is 8.18. The van der Waals surface area contributed by atoms with E-state index in [4.69, 9.17) is 34.8 Å². The zero-order chi connectivity index (χ0) is 14.7. The molecule has 1 heterocycles. The maximum absolute atomic E-state index is 6.17. The fourth-order valence-corrected chi connectivity index (χ4v) is 3.69. The van der Waals surface area contributed by atoms with Crippen LogP contribution in [0.2, 0.25) is 14.4 Å². The Balaban J connectivity index is 2.22. The Morgan fingerprint density at radius 1 is 1.15 bits per heavy atom. The Kier molecular flexibility index (Phi) is 5.76. The van der Waals surface area contributed by atoms with Crippen molar-refractivity contribution in [1.29, 1.82) is 0 Å². The molecule has 0 aliphatic carbocycles. The molecule has 0 saturated carbocycles. The number of hydrogen-bond donors (Lipinski definition) is 1. The van der Waals surface area contributed by atoms with Gasteiger partial charge in [0.25, 0.3) is 0 Å². The number of hydrogen-bond acceptors (Lipinski definition) is 2. The third-order valence-corrected chi connectivity index (χ3v) is 5.50. The van der Waals surface area contributed by atoms with Gasteiger partial charge in [-0.15, -0.1) is 11.3 Å². The lowest BCUT2D eigenvalue weighted by Crippen LogP contribution is -2.22. The van der Waals surface area contributed by atoms with Crippen molar-refractivity contribution in [3.8, 4) is 0 Å². The van der Waals surface area contributed by atoms with Crippen LogP contribution in [0.5, 0.6) is 0 Å². The number of halogens is 3. The molecule has 5 heteroatoms. The maximum Gasteiger partial charge on any atom is 0.0960 e. The van der Waals surface area contributed by atoms with E-state index in [1.165, 1.54) is 4.88 Å². The molecule has 0 fully saturated rings. The number of aryl methyl sites for hydroxylation is 1. The van der Waals surface area contributed by atoms with Crippen molar-refractivity contribution in [2.75, 3.05) is 6.54 Å². The van der Waals surface area contributed by atoms with Crippen LogP contribution in [0, 0.1) is 6.92 Å². The second kappa shape index (κ2) is 7.15. The smallest absolute Gasteiger partial charge is 0.0960 e. The molecule has 1 aromatic carbocycles. The molecule has 1 aromatic heterocycles. The Labute approximate surface area is 138 Å². The van der Waals surface area contributed by atoms with Gasteiger partial charge in [0.15, 0.2) is 0 Å². The summed E-state index contributed by atoms with van der Waals surface area (Å²) in [7, 11) is 0. The van der Waals surface area contributed by atoms with Gasteiger partial charge in [0, 0.05) is 10.9 Å². The van der Waals surface area contributed by atoms with E-state index >= 15 is 0 Å². The highest BCUT2D eigenvalue weighted by Gasteiger charge is 2.15. The van der Waals surface area contributed by atoms with Crippen molar-refractivity contribution < 1.29 is 0 Å². The minimum absolute atomic E-state index is 0.244. The molecule has 2 aromatic rings. The van der Waals surface area contributed by atoms with Gasteiger partial charge in [-0.05, 0) is 49.2 Å². The second-order valence-corrected chi connectivity index (χ2v) is 7.17. The molecular weight excluding hydrogens is 333 g/mol. The third-order valence-electron chi connectivity index (χ3n) is 3.09. The molecule has 0 bridgehead atoms. The van der Waals surface area contributed by atoms with Crippen molar-refractivity contribution >= 4 is 46.1 Å². The number of nitrogens with one attached hydrogen (secondary N) is 1. The fourth-order valence-electron chi connectivity index (χ4n) is 2.08. The summed E-state index contributed by atoms with van der Waals surface area (Å²) in [5.41, 5.74) is 2.29. The van der Waals surface area contributed by atoms with Crippen molar-refractivity contribution in [2.24, 2.45) is 0 Å². The summed E-state index contributed by atoms with van der Waals surface area (Å²) in [4.78, 5) is 1.25. The Bertz CT molecular complexity index is 575. The van der Waals surface area contributed by atoms with Crippen molar-refractivity contribution in [3.63, 3.8) is 0 Å². The minimum atomic E-state index is 0.244. The van der Waals surface area contributed by atoms with Crippen molar-refractivity contribution in [3.05, 3.63) is 54.7 Å². The second-order valence-electron chi connectivity index (χ2n) is 4.67. The van der Waals surface area contributed by atoms with Gasteiger partial charge in [0.2, 0.25) is 0 Å². The molecule has 0 amide bonds. The van der Waals surface area contributed by atoms with E-state index < -0.39 is 0 Å². The predicted molar refractivity (Wildman–Crippen MR) is 90.6 cm³/mol. The van der Waals surface area contributed by atoms with Crippen LogP contribution in [0.15, 0.2) is 24.3 Å². The van der Waals surface area contributed by atoms with E-state index in [9.17, 15) is 0 Å². The van der Waals surface area contributed by atoms with Gasteiger partial charge in [-0.2, -0.15) is 0 Å². The third kappa shape index (κ3) is 3.90. The largest absolute Gasteiger partial charge is 0.309 e. The average molecular weight is 349 g/mol. The van der Waals surface area contributed by atoms with Gasteiger partial charge in [-0.3, -0.25) is 0 Å². The monoisotopic (exact) mass is 347 g/mol. The molecule has 1 unspecified atom stereocenters. The summed E-state index contributed by atoms with van der Waals surface area (Å²) in [6.45, 7) is 5.04. The molecule has 0 radical (unpaired) electrons. The van der Waals surface area contributed by atoms with E-state index in [2.05, 4.69) is 18.3 Å². The first-order valence-electron chi connectivity index (χ1n) is 6.44. The molecule has 0 aliphatic heterocycles. The summed E-state index contributed by atoms with van der Waals surface area (Å²) in [5, 5.41) is 4.68. The van der Waals surface area contributed by atoms with E-state index in [1.807, 2.05) is 25.1 Å². The summed E-state index contributed by atoms with van der Waals surface area (Å²) >= 11 is 19.8. The molecule has 1 atom stereocenters. The number of benzene rings is 1. The highest BCUT2D eigenvalue weighted by molar-refractivity contribution is 7.16. The zero-order valence-corrected chi connectivity index (χ0v) is 14.4. The van der Waals surface area contributed by atoms with Crippen molar-refractivity contribution in [2.45, 2.75) is 26.3 Å². The Hall–Kier alpha value is -0.250. The lowest BCUT2D eigenvalue weighted by molar-refractivity contribution is 0.558. The predicted octanol–water partition coefficient (Wildman–Crippen LogP) is 5.91. The van der Waals surface area contributed by atoms with Crippen LogP contribution in [-0.4, -0.2) is 6.54 Å². The minimum Gasteiger partial charge on any atom is -0.309 e. The Morgan fingerprint density at radius 2 is 1.90 bits per heavy atom. The van der Waals surface area contributed by atoms with Crippen LogP contribution in [0.4, 0.5) is 0 Å². The van der Waals surface area contributed by atoms with Crippen LogP contribution in [0.1, 0.15) is 29.0 Å². The molecule has 2 rings (SSSR count). The van der Waals surface area contributed by atoms with Gasteiger partial charge in [0.05, 0.1) is 14.4 Å². The number of thiophene rings is 1. The van der Waals surface area contributed by atoms with E-state index in [0.29, 0.717) is 10.0 Å². The van der Waals surface area contributed by atoms with Crippen LogP contribution < -0.4 is 5.32 Å². The normalized spacial score (nSPS) is 12.7. The van der Waals surface area contributed by atoms with Gasteiger partial charge in [-0.25, -0.2) is 0 Å². The van der Waals surface area contributed by atoms with Crippen molar-refractivity contribution in [1.82, 2.24) is 5.32 Å². The quantitative estimate of drug-likeness (QED) is 0.708. The molecule has 20 heavy (non-hydrogen) atoms. The van der Waals surface area contributed by atoms with Gasteiger partial charge < -0.3 is 5.32 Å². The first kappa shape index (κ1) is 16.1. The molecule has 0 aliphatic rings. The Morgan fingerprint density at radius 3 is 2.45 bits per heavy atom. The topological polar surface area (TPSA) is 12.0 Å². The van der Waals surface area contributed by atoms with E-state index in [1.54, 1.807) is 11.3 Å². The van der Waals surface area contributed by atoms with E-state index in [-0.39, 0.29) is 6.04 Å². The molecular formula is C15H16Cl3NS. The molecule has 108 valence electrons. The van der Waals surface area contributed by atoms with Crippen LogP contribution in [0.3, 0.4) is 0 Å². The first-order chi connectivity index (χ1) is 9.51. The standard InChI is InChI=1S/C15H16Cl3NS/c1-3-19-13(14-6-9(2)15(18)20-14)8-10-4-5-11(16)12(17)7-10/h4-7,13,19H,3,8H2,1-2H3. The molecule has 0 spiro atoms. The average Bonchev–Trinajstić information content (AvgIpc) is 2.73. The highest BCUT2D eigenvalue weighted by Crippen LogP contribution is 2.33. The zero-order valence-electron chi connectivity index (χ0n) is 11.3. The SMILES string of the molecule is CCNC(Cc1ccc(Cl)c(Cl)c1)c1cc(C)c(Cl)s1. The highest BCUT2D eigenvalue weighted by atomic mass is 35.5. The van der Waals surface area contributed by atoms with Gasteiger partial charge in [-0.1, -0.05) is 47.8 Å². The van der Waals surface area contributed by atoms with Gasteiger partial charge in [0.1, 0.15) is 0 Å². The maximum atomic E-state index is 6.17. The fraction of sp³-hybridized carbons (Fsp3) is 0.333. The lowest BCUT2D eigenvalue weighted by atomic mass is 10.0. The van der Waals surface area contributed by atoms with Crippen LogP contribution in [-0.2, 0) is 6.42 Å². The van der Waals surface area contributed by atoms with E-state index in [0.717, 1.165) is 28.4 Å². The van der Waals surface area contributed by atoms with Crippen LogP contribution in [0.25, 0.3) is 0 Å². The summed E-state index contributed by atoms with van der Waals surface area (Å²) < 4.78 is 0.858. The van der Waals surface area contributed by atoms with Gasteiger partial charge >= 0.3 is 0 Å². The van der Waals surface area contributed by atoms with Crippen LogP contribution >= 0.6 is 46.1 Å². The number of likely N-dealkylation sites (N-methyl/N-ethyl adjacent to an activating group) is 1. The first-order valence-corrected chi connectivity index (χ1v) is 8.39. The molecule has 1 N–H and O–H groups in total.